The molecule has 0 radical (unpaired) electrons. The van der Waals surface area contributed by atoms with Crippen LogP contribution in [0.15, 0.2) is 29.2 Å². The molecule has 3 rings (SSSR count). The van der Waals surface area contributed by atoms with Crippen LogP contribution in [0.1, 0.15) is 18.4 Å². The molecule has 0 bridgehead atoms. The van der Waals surface area contributed by atoms with Crippen molar-refractivity contribution in [2.45, 2.75) is 18.9 Å². The van der Waals surface area contributed by atoms with Crippen LogP contribution in [0.2, 0.25) is 0 Å². The number of ketones is 2. The molecule has 1 unspecified atom stereocenters. The number of hydrogen-bond donors (Lipinski definition) is 1. The fourth-order valence-corrected chi connectivity index (χ4v) is 3.79. The third kappa shape index (κ3) is 3.71. The molecule has 2 aliphatic heterocycles. The maximum Gasteiger partial charge on any atom is 0.217 e. The molecule has 2 saturated heterocycles. The minimum Gasteiger partial charge on any atom is -0.371 e. The van der Waals surface area contributed by atoms with Gasteiger partial charge in [-0.3, -0.25) is 19.7 Å². The molecule has 2 aliphatic rings. The topological polar surface area (TPSA) is 66.5 Å². The van der Waals surface area contributed by atoms with Crippen LogP contribution < -0.4 is 10.2 Å². The van der Waals surface area contributed by atoms with Gasteiger partial charge < -0.3 is 4.90 Å². The summed E-state index contributed by atoms with van der Waals surface area (Å²) in [4.78, 5) is 36.6. The van der Waals surface area contributed by atoms with E-state index in [0.717, 1.165) is 29.2 Å². The molecule has 0 amide bonds. The van der Waals surface area contributed by atoms with E-state index in [0.29, 0.717) is 30.8 Å². The Labute approximate surface area is 139 Å². The second-order valence-corrected chi connectivity index (χ2v) is 6.66. The first-order chi connectivity index (χ1) is 11.2. The normalized spacial score (nSPS) is 23.3. The van der Waals surface area contributed by atoms with Gasteiger partial charge in [0.25, 0.3) is 0 Å². The minimum absolute atomic E-state index is 0.333. The van der Waals surface area contributed by atoms with Crippen molar-refractivity contribution in [1.29, 1.82) is 0 Å². The molecule has 5 nitrogen and oxygen atoms in total. The number of nitrogens with one attached hydrogen (secondary N) is 1. The molecule has 2 heterocycles. The number of nitrogens with zero attached hydrogens (tertiary/aromatic N) is 1. The highest BCUT2D eigenvalue weighted by Gasteiger charge is 2.27. The number of rotatable bonds is 4. The second-order valence-electron chi connectivity index (χ2n) is 5.61. The average molecular weight is 330 g/mol. The molecule has 1 N–H and O–H groups in total. The number of benzene rings is 1. The lowest BCUT2D eigenvalue weighted by Crippen LogP contribution is -2.33. The largest absolute Gasteiger partial charge is 0.371 e. The lowest BCUT2D eigenvalue weighted by Gasteiger charge is -2.28. The Morgan fingerprint density at radius 3 is 2.57 bits per heavy atom. The van der Waals surface area contributed by atoms with Crippen LogP contribution in [0.4, 0.5) is 5.69 Å². The molecule has 120 valence electrons. The van der Waals surface area contributed by atoms with Gasteiger partial charge in [-0.15, -0.1) is 11.8 Å². The zero-order chi connectivity index (χ0) is 16.2. The molecular formula is C17H18N2O3S. The van der Waals surface area contributed by atoms with Crippen molar-refractivity contribution in [1.82, 2.24) is 5.32 Å². The number of hydrogen-bond acceptors (Lipinski definition) is 6. The minimum atomic E-state index is -0.509. The van der Waals surface area contributed by atoms with Gasteiger partial charge in [0.2, 0.25) is 5.78 Å². The summed E-state index contributed by atoms with van der Waals surface area (Å²) in [6.07, 6.45) is 3.55. The number of Topliss-reactive ketones (excluding diaryl/α,β-unsaturated/α-hetero) is 2. The smallest absolute Gasteiger partial charge is 0.217 e. The Morgan fingerprint density at radius 2 is 1.91 bits per heavy atom. The monoisotopic (exact) mass is 330 g/mol. The second kappa shape index (κ2) is 7.10. The number of aldehydes is 1. The fourth-order valence-electron chi connectivity index (χ4n) is 2.79. The first-order valence-electron chi connectivity index (χ1n) is 7.61. The van der Waals surface area contributed by atoms with E-state index in [9.17, 15) is 14.4 Å². The number of piperidine rings is 1. The highest BCUT2D eigenvalue weighted by molar-refractivity contribution is 8.03. The summed E-state index contributed by atoms with van der Waals surface area (Å²) in [5.41, 5.74) is 2.11. The van der Waals surface area contributed by atoms with Crippen LogP contribution in [0.5, 0.6) is 0 Å². The Morgan fingerprint density at radius 1 is 1.22 bits per heavy atom. The first-order valence-corrected chi connectivity index (χ1v) is 8.59. The standard InChI is InChI=1S/C17H18N2O3S/c20-10-15(22)17-16(23-11-18-17)9-12-1-3-13(4-2-12)19-7-5-14(21)6-8-19/h1-4,9-10,17-18H,5-8,11H2. The molecule has 2 fully saturated rings. The van der Waals surface area contributed by atoms with Crippen molar-refractivity contribution >= 4 is 41.4 Å². The van der Waals surface area contributed by atoms with Crippen molar-refractivity contribution in [2.75, 3.05) is 23.9 Å². The van der Waals surface area contributed by atoms with E-state index in [1.54, 1.807) is 11.8 Å². The molecule has 0 saturated carbocycles. The van der Waals surface area contributed by atoms with Gasteiger partial charge in [0.1, 0.15) is 11.8 Å². The zero-order valence-electron chi connectivity index (χ0n) is 12.7. The number of carbonyl (C=O) groups is 3. The van der Waals surface area contributed by atoms with Crippen molar-refractivity contribution in [3.8, 4) is 0 Å². The Bertz CT molecular complexity index is 644. The zero-order valence-corrected chi connectivity index (χ0v) is 13.5. The maximum absolute atomic E-state index is 11.6. The number of anilines is 1. The molecule has 1 aromatic rings. The van der Waals surface area contributed by atoms with E-state index in [4.69, 9.17) is 0 Å². The third-order valence-corrected chi connectivity index (χ3v) is 5.10. The van der Waals surface area contributed by atoms with Crippen LogP contribution in [-0.2, 0) is 14.4 Å². The summed E-state index contributed by atoms with van der Waals surface area (Å²) < 4.78 is 0. The van der Waals surface area contributed by atoms with Crippen LogP contribution in [0.25, 0.3) is 6.08 Å². The summed E-state index contributed by atoms with van der Waals surface area (Å²) >= 11 is 1.54. The first kappa shape index (κ1) is 16.0. The van der Waals surface area contributed by atoms with Gasteiger partial charge in [0.15, 0.2) is 6.29 Å². The number of carbonyl (C=O) groups excluding carboxylic acids is 3. The molecule has 0 aromatic heterocycles. The summed E-state index contributed by atoms with van der Waals surface area (Å²) in [5, 5.41) is 3.02. The summed E-state index contributed by atoms with van der Waals surface area (Å²) in [5.74, 6) is 0.533. The lowest BCUT2D eigenvalue weighted by molar-refractivity contribution is -0.130. The lowest BCUT2D eigenvalue weighted by atomic mass is 10.1. The quantitative estimate of drug-likeness (QED) is 0.668. The van der Waals surface area contributed by atoms with Gasteiger partial charge in [0, 0.05) is 42.4 Å². The Balaban J connectivity index is 1.72. The van der Waals surface area contributed by atoms with E-state index < -0.39 is 11.8 Å². The van der Waals surface area contributed by atoms with Gasteiger partial charge >= 0.3 is 0 Å². The summed E-state index contributed by atoms with van der Waals surface area (Å²) in [6, 6.07) is 7.56. The number of thioether (sulfide) groups is 1. The predicted molar refractivity (Wildman–Crippen MR) is 91.3 cm³/mol. The van der Waals surface area contributed by atoms with Gasteiger partial charge in [-0.2, -0.15) is 0 Å². The predicted octanol–water partition coefficient (Wildman–Crippen LogP) is 1.63. The van der Waals surface area contributed by atoms with Gasteiger partial charge in [-0.25, -0.2) is 0 Å². The van der Waals surface area contributed by atoms with Crippen LogP contribution in [0, 0.1) is 0 Å². The SMILES string of the molecule is O=CC(=O)C1NCSC1=Cc1ccc(N2CCC(=O)CC2)cc1. The van der Waals surface area contributed by atoms with Gasteiger partial charge in [-0.05, 0) is 23.8 Å². The highest BCUT2D eigenvalue weighted by Crippen LogP contribution is 2.28. The van der Waals surface area contributed by atoms with Crippen molar-refractivity contribution in [2.24, 2.45) is 0 Å². The maximum atomic E-state index is 11.6. The fraction of sp³-hybridized carbons (Fsp3) is 0.353. The molecule has 0 aliphatic carbocycles. The summed E-state index contributed by atoms with van der Waals surface area (Å²) in [6.45, 7) is 1.55. The van der Waals surface area contributed by atoms with E-state index in [1.165, 1.54) is 0 Å². The van der Waals surface area contributed by atoms with E-state index in [2.05, 4.69) is 10.2 Å². The highest BCUT2D eigenvalue weighted by atomic mass is 32.2. The van der Waals surface area contributed by atoms with Gasteiger partial charge in [0.05, 0.1) is 0 Å². The molecule has 6 heteroatoms. The molecule has 1 aromatic carbocycles. The Kier molecular flexibility index (Phi) is 4.93. The van der Waals surface area contributed by atoms with Crippen LogP contribution in [0.3, 0.4) is 0 Å². The van der Waals surface area contributed by atoms with Crippen LogP contribution in [-0.4, -0.2) is 42.9 Å². The summed E-state index contributed by atoms with van der Waals surface area (Å²) in [7, 11) is 0. The van der Waals surface area contributed by atoms with Gasteiger partial charge in [-0.1, -0.05) is 12.1 Å². The van der Waals surface area contributed by atoms with Crippen LogP contribution >= 0.6 is 11.8 Å². The molecule has 0 spiro atoms. The van der Waals surface area contributed by atoms with Crippen molar-refractivity contribution < 1.29 is 14.4 Å². The molecular weight excluding hydrogens is 312 g/mol. The third-order valence-electron chi connectivity index (χ3n) is 4.10. The average Bonchev–Trinajstić information content (AvgIpc) is 3.04. The Hall–Kier alpha value is -1.92. The molecule has 23 heavy (non-hydrogen) atoms. The van der Waals surface area contributed by atoms with Crippen molar-refractivity contribution in [3.63, 3.8) is 0 Å². The molecule has 1 atom stereocenters. The van der Waals surface area contributed by atoms with E-state index in [-0.39, 0.29) is 0 Å². The van der Waals surface area contributed by atoms with E-state index in [1.807, 2.05) is 30.3 Å². The van der Waals surface area contributed by atoms with E-state index >= 15 is 0 Å². The van der Waals surface area contributed by atoms with Crippen molar-refractivity contribution in [3.05, 3.63) is 34.7 Å².